The Balaban J connectivity index is 2.00. The monoisotopic (exact) mass is 394 g/mol. The lowest BCUT2D eigenvalue weighted by atomic mass is 9.96. The fourth-order valence-corrected chi connectivity index (χ4v) is 3.18. The number of aromatic nitrogens is 1. The van der Waals surface area contributed by atoms with Crippen molar-refractivity contribution >= 4 is 23.1 Å². The van der Waals surface area contributed by atoms with E-state index in [1.165, 1.54) is 12.1 Å². The zero-order valence-electron chi connectivity index (χ0n) is 14.2. The summed E-state index contributed by atoms with van der Waals surface area (Å²) in [6.07, 6.45) is 0. The molecule has 0 aliphatic carbocycles. The number of nitrogens with two attached hydrogens (primary N) is 1. The number of rotatable bonds is 3. The molecule has 0 radical (unpaired) electrons. The highest BCUT2D eigenvalue weighted by Crippen LogP contribution is 2.44. The Morgan fingerprint density at radius 1 is 1.18 bits per heavy atom. The van der Waals surface area contributed by atoms with Crippen molar-refractivity contribution in [1.29, 1.82) is 5.26 Å². The lowest BCUT2D eigenvalue weighted by Crippen LogP contribution is -2.01. The van der Waals surface area contributed by atoms with Crippen molar-refractivity contribution in [1.82, 2.24) is 4.98 Å². The number of anilines is 1. The summed E-state index contributed by atoms with van der Waals surface area (Å²) in [6, 6.07) is 13.2. The van der Waals surface area contributed by atoms with Gasteiger partial charge in [-0.25, -0.2) is 4.98 Å². The first kappa shape index (κ1) is 17.6. The number of ether oxygens (including phenoxy) is 2. The van der Waals surface area contributed by atoms with Gasteiger partial charge in [-0.15, -0.1) is 0 Å². The second-order valence-corrected chi connectivity index (χ2v) is 6.35. The number of nitrogen functional groups attached to an aromatic ring is 1. The molecule has 0 atom stereocenters. The Morgan fingerprint density at radius 3 is 2.61 bits per heavy atom. The van der Waals surface area contributed by atoms with E-state index in [0.717, 1.165) is 0 Å². The van der Waals surface area contributed by atoms with E-state index in [1.807, 2.05) is 6.07 Å². The van der Waals surface area contributed by atoms with Crippen LogP contribution in [0.5, 0.6) is 11.5 Å². The number of nitrogens with zero attached hydrogens (tertiary/aromatic N) is 3. The van der Waals surface area contributed by atoms with Gasteiger partial charge in [-0.3, -0.25) is 10.1 Å². The van der Waals surface area contributed by atoms with Crippen LogP contribution in [0.4, 0.5) is 11.5 Å². The third-order valence-electron chi connectivity index (χ3n) is 4.26. The Kier molecular flexibility index (Phi) is 4.22. The Labute approximate surface area is 163 Å². The van der Waals surface area contributed by atoms with Crippen molar-refractivity contribution in [2.75, 3.05) is 12.5 Å². The van der Waals surface area contributed by atoms with Crippen molar-refractivity contribution < 1.29 is 14.4 Å². The van der Waals surface area contributed by atoms with Crippen LogP contribution in [-0.4, -0.2) is 16.7 Å². The van der Waals surface area contributed by atoms with E-state index >= 15 is 0 Å². The van der Waals surface area contributed by atoms with E-state index in [9.17, 15) is 15.4 Å². The number of hydrogen-bond donors (Lipinski definition) is 1. The summed E-state index contributed by atoms with van der Waals surface area (Å²) in [7, 11) is 0. The molecule has 0 fully saturated rings. The Hall–Kier alpha value is -3.83. The van der Waals surface area contributed by atoms with Gasteiger partial charge in [-0.05, 0) is 24.3 Å². The number of halogens is 1. The SMILES string of the molecule is N#Cc1c(-c2cc3c(cc2[N+](=O)[O-])OCO3)cc(-c2cccc(Cl)c2)nc1N. The summed E-state index contributed by atoms with van der Waals surface area (Å²) in [5, 5.41) is 21.7. The summed E-state index contributed by atoms with van der Waals surface area (Å²) < 4.78 is 10.6. The minimum absolute atomic E-state index is 0.0344. The highest BCUT2D eigenvalue weighted by molar-refractivity contribution is 6.30. The second-order valence-electron chi connectivity index (χ2n) is 5.92. The minimum atomic E-state index is -0.547. The zero-order chi connectivity index (χ0) is 19.8. The van der Waals surface area contributed by atoms with Gasteiger partial charge in [-0.1, -0.05) is 23.7 Å². The topological polar surface area (TPSA) is 124 Å². The molecule has 1 aliphatic rings. The maximum atomic E-state index is 11.6. The van der Waals surface area contributed by atoms with Crippen molar-refractivity contribution in [2.45, 2.75) is 0 Å². The third-order valence-corrected chi connectivity index (χ3v) is 4.49. The van der Waals surface area contributed by atoms with Crippen LogP contribution in [0, 0.1) is 21.4 Å². The van der Waals surface area contributed by atoms with Gasteiger partial charge in [0, 0.05) is 16.1 Å². The molecule has 4 rings (SSSR count). The highest BCUT2D eigenvalue weighted by Gasteiger charge is 2.27. The van der Waals surface area contributed by atoms with Gasteiger partial charge >= 0.3 is 0 Å². The second kappa shape index (κ2) is 6.72. The van der Waals surface area contributed by atoms with Crippen LogP contribution in [0.3, 0.4) is 0 Å². The Morgan fingerprint density at radius 2 is 1.93 bits per heavy atom. The van der Waals surface area contributed by atoms with Crippen molar-refractivity contribution in [3.8, 4) is 40.0 Å². The molecule has 3 aromatic rings. The van der Waals surface area contributed by atoms with Gasteiger partial charge in [0.1, 0.15) is 17.5 Å². The number of nitro benzene ring substituents is 1. The first-order valence-corrected chi connectivity index (χ1v) is 8.40. The number of pyridine rings is 1. The van der Waals surface area contributed by atoms with E-state index < -0.39 is 4.92 Å². The summed E-state index contributed by atoms with van der Waals surface area (Å²) in [6.45, 7) is -0.0344. The molecule has 0 saturated heterocycles. The van der Waals surface area contributed by atoms with Crippen molar-refractivity contribution in [3.05, 3.63) is 63.2 Å². The van der Waals surface area contributed by atoms with E-state index in [4.69, 9.17) is 26.8 Å². The average Bonchev–Trinajstić information content (AvgIpc) is 3.13. The molecule has 2 heterocycles. The molecule has 0 saturated carbocycles. The molecule has 0 bridgehead atoms. The van der Waals surface area contributed by atoms with Gasteiger partial charge in [0.05, 0.1) is 22.2 Å². The van der Waals surface area contributed by atoms with Gasteiger partial charge in [-0.2, -0.15) is 5.26 Å². The molecule has 0 amide bonds. The van der Waals surface area contributed by atoms with Gasteiger partial charge in [0.25, 0.3) is 5.69 Å². The van der Waals surface area contributed by atoms with Crippen molar-refractivity contribution in [3.63, 3.8) is 0 Å². The maximum Gasteiger partial charge on any atom is 0.281 e. The molecule has 0 spiro atoms. The number of nitriles is 1. The van der Waals surface area contributed by atoms with Crippen LogP contribution in [0.25, 0.3) is 22.4 Å². The van der Waals surface area contributed by atoms with Gasteiger partial charge in [0.2, 0.25) is 6.79 Å². The molecule has 138 valence electrons. The lowest BCUT2D eigenvalue weighted by Gasteiger charge is -2.11. The number of benzene rings is 2. The van der Waals surface area contributed by atoms with E-state index in [2.05, 4.69) is 4.98 Å². The molecule has 2 aromatic carbocycles. The molecule has 28 heavy (non-hydrogen) atoms. The van der Waals surface area contributed by atoms with Crippen LogP contribution < -0.4 is 15.2 Å². The van der Waals surface area contributed by atoms with Crippen LogP contribution in [-0.2, 0) is 0 Å². The van der Waals surface area contributed by atoms with Crippen LogP contribution in [0.2, 0.25) is 5.02 Å². The molecule has 1 aromatic heterocycles. The van der Waals surface area contributed by atoms with Crippen LogP contribution in [0.15, 0.2) is 42.5 Å². The predicted molar refractivity (Wildman–Crippen MR) is 102 cm³/mol. The van der Waals surface area contributed by atoms with E-state index in [-0.39, 0.29) is 40.7 Å². The quantitative estimate of drug-likeness (QED) is 0.522. The van der Waals surface area contributed by atoms with E-state index in [0.29, 0.717) is 22.0 Å². The average molecular weight is 395 g/mol. The largest absolute Gasteiger partial charge is 0.454 e. The smallest absolute Gasteiger partial charge is 0.281 e. The van der Waals surface area contributed by atoms with Gasteiger partial charge in [0.15, 0.2) is 11.5 Å². The molecule has 1 aliphatic heterocycles. The number of nitro groups is 1. The highest BCUT2D eigenvalue weighted by atomic mass is 35.5. The standard InChI is InChI=1S/C19H11ClN4O4/c20-11-3-1-2-10(4-11)15-5-12(14(8-21)19(22)23-15)13-6-17-18(28-9-27-17)7-16(13)24(25)26/h1-7H,9H2,(H2,22,23). The fraction of sp³-hybridized carbons (Fsp3) is 0.0526. The summed E-state index contributed by atoms with van der Waals surface area (Å²) in [5.74, 6) is 0.581. The lowest BCUT2D eigenvalue weighted by molar-refractivity contribution is -0.384. The summed E-state index contributed by atoms with van der Waals surface area (Å²) in [5.41, 5.74) is 7.34. The zero-order valence-corrected chi connectivity index (χ0v) is 14.9. The summed E-state index contributed by atoms with van der Waals surface area (Å²) >= 11 is 6.05. The fourth-order valence-electron chi connectivity index (χ4n) is 2.99. The number of fused-ring (bicyclic) bond motifs is 1. The third kappa shape index (κ3) is 2.94. The minimum Gasteiger partial charge on any atom is -0.454 e. The van der Waals surface area contributed by atoms with Crippen LogP contribution >= 0.6 is 11.6 Å². The van der Waals surface area contributed by atoms with Crippen molar-refractivity contribution in [2.24, 2.45) is 0 Å². The van der Waals surface area contributed by atoms with E-state index in [1.54, 1.807) is 30.3 Å². The normalized spacial score (nSPS) is 11.9. The molecule has 0 unspecified atom stereocenters. The summed E-state index contributed by atoms with van der Waals surface area (Å²) in [4.78, 5) is 15.4. The maximum absolute atomic E-state index is 11.6. The molecular formula is C19H11ClN4O4. The Bertz CT molecular complexity index is 1170. The first-order chi connectivity index (χ1) is 13.5. The van der Waals surface area contributed by atoms with Crippen LogP contribution in [0.1, 0.15) is 5.56 Å². The van der Waals surface area contributed by atoms with Gasteiger partial charge < -0.3 is 15.2 Å². The molecular weight excluding hydrogens is 384 g/mol. The first-order valence-electron chi connectivity index (χ1n) is 8.03. The number of hydrogen-bond acceptors (Lipinski definition) is 7. The predicted octanol–water partition coefficient (Wildman–Crippen LogP) is 4.16. The molecule has 9 heteroatoms. The molecule has 8 nitrogen and oxygen atoms in total. The molecule has 2 N–H and O–H groups in total.